The van der Waals surface area contributed by atoms with E-state index in [0.717, 1.165) is 11.8 Å². The molecule has 164 valence electrons. The van der Waals surface area contributed by atoms with Crippen LogP contribution in [-0.2, 0) is 4.79 Å². The molecule has 0 bridgehead atoms. The van der Waals surface area contributed by atoms with Crippen molar-refractivity contribution in [3.63, 3.8) is 0 Å². The molecule has 2 heterocycles. The van der Waals surface area contributed by atoms with Crippen molar-refractivity contribution in [2.45, 2.75) is 5.16 Å². The molecule has 0 aliphatic rings. The molecule has 0 fully saturated rings. The number of amides is 1. The topological polar surface area (TPSA) is 132 Å². The first-order valence-corrected chi connectivity index (χ1v) is 10.8. The van der Waals surface area contributed by atoms with Crippen LogP contribution in [-0.4, -0.2) is 36.8 Å². The Morgan fingerprint density at radius 1 is 1.21 bits per heavy atom. The first-order valence-electron chi connectivity index (χ1n) is 9.41. The fraction of sp³-hybridized carbons (Fsp3) is 0.0476. The summed E-state index contributed by atoms with van der Waals surface area (Å²) in [5.41, 5.74) is 1.70. The van der Waals surface area contributed by atoms with E-state index < -0.39 is 5.82 Å². The molecule has 2 aromatic heterocycles. The number of hydrogen-bond acceptors (Lipinski definition) is 8. The lowest BCUT2D eigenvalue weighted by atomic mass is 10.1. The number of nitrogens with one attached hydrogen (secondary N) is 3. The Balaban J connectivity index is 1.59. The average Bonchev–Trinajstić information content (AvgIpc) is 3.33. The third kappa shape index (κ3) is 5.43. The van der Waals surface area contributed by atoms with Crippen molar-refractivity contribution in [1.29, 1.82) is 5.26 Å². The van der Waals surface area contributed by atoms with Crippen molar-refractivity contribution >= 4 is 46.7 Å². The number of thioether (sulfide) groups is 1. The van der Waals surface area contributed by atoms with Crippen molar-refractivity contribution in [2.24, 2.45) is 0 Å². The van der Waals surface area contributed by atoms with Gasteiger partial charge in [-0.3, -0.25) is 4.79 Å². The minimum Gasteiger partial charge on any atom is -0.325 e. The Morgan fingerprint density at radius 2 is 2.03 bits per heavy atom. The van der Waals surface area contributed by atoms with Gasteiger partial charge >= 0.3 is 0 Å². The summed E-state index contributed by atoms with van der Waals surface area (Å²) in [5, 5.41) is 21.9. The third-order valence-electron chi connectivity index (χ3n) is 4.24. The van der Waals surface area contributed by atoms with Crippen LogP contribution in [0.4, 0.5) is 21.8 Å². The second-order valence-corrected chi connectivity index (χ2v) is 7.83. The van der Waals surface area contributed by atoms with Crippen molar-refractivity contribution in [2.75, 3.05) is 16.4 Å². The Kier molecular flexibility index (Phi) is 6.77. The van der Waals surface area contributed by atoms with E-state index in [1.807, 2.05) is 30.3 Å². The average molecular weight is 481 g/mol. The number of carbonyl (C=O) groups excluding carboxylic acids is 1. The van der Waals surface area contributed by atoms with Gasteiger partial charge in [0.2, 0.25) is 11.9 Å². The normalized spacial score (nSPS) is 10.5. The maximum atomic E-state index is 13.3. The smallest absolute Gasteiger partial charge is 0.234 e. The largest absolute Gasteiger partial charge is 0.325 e. The van der Waals surface area contributed by atoms with E-state index in [4.69, 9.17) is 11.6 Å². The van der Waals surface area contributed by atoms with E-state index in [2.05, 4.69) is 41.9 Å². The van der Waals surface area contributed by atoms with Crippen LogP contribution < -0.4 is 10.6 Å². The fourth-order valence-electron chi connectivity index (χ4n) is 2.78. The van der Waals surface area contributed by atoms with Gasteiger partial charge in [0, 0.05) is 11.3 Å². The second-order valence-electron chi connectivity index (χ2n) is 6.48. The summed E-state index contributed by atoms with van der Waals surface area (Å²) in [6.07, 6.45) is 1.31. The number of H-pyrrole nitrogens is 1. The number of nitriles is 1. The lowest BCUT2D eigenvalue weighted by Gasteiger charge is -2.11. The molecular formula is C21H14ClFN8OS. The maximum absolute atomic E-state index is 13.3. The van der Waals surface area contributed by atoms with Crippen LogP contribution in [0.1, 0.15) is 5.56 Å². The number of carbonyl (C=O) groups is 1. The van der Waals surface area contributed by atoms with E-state index in [9.17, 15) is 14.4 Å². The molecule has 0 unspecified atom stereocenters. The minimum absolute atomic E-state index is 0.0309. The quantitative estimate of drug-likeness (QED) is 0.262. The van der Waals surface area contributed by atoms with E-state index in [1.165, 1.54) is 24.5 Å². The molecule has 4 aromatic rings. The molecular weight excluding hydrogens is 467 g/mol. The van der Waals surface area contributed by atoms with Crippen LogP contribution in [0.3, 0.4) is 0 Å². The van der Waals surface area contributed by atoms with Gasteiger partial charge in [0.15, 0.2) is 11.0 Å². The van der Waals surface area contributed by atoms with Crippen molar-refractivity contribution < 1.29 is 9.18 Å². The van der Waals surface area contributed by atoms with Crippen molar-refractivity contribution in [3.8, 4) is 17.3 Å². The number of anilines is 3. The van der Waals surface area contributed by atoms with Gasteiger partial charge in [-0.2, -0.15) is 15.3 Å². The molecule has 12 heteroatoms. The highest BCUT2D eigenvalue weighted by molar-refractivity contribution is 7.99. The molecule has 0 radical (unpaired) electrons. The highest BCUT2D eigenvalue weighted by Gasteiger charge is 2.18. The molecule has 0 aliphatic carbocycles. The number of aromatic nitrogens is 5. The summed E-state index contributed by atoms with van der Waals surface area (Å²) < 4.78 is 13.3. The zero-order chi connectivity index (χ0) is 23.2. The van der Waals surface area contributed by atoms with E-state index in [-0.39, 0.29) is 33.2 Å². The van der Waals surface area contributed by atoms with Crippen LogP contribution in [0.2, 0.25) is 5.02 Å². The summed E-state index contributed by atoms with van der Waals surface area (Å²) in [6, 6.07) is 15.2. The number of halogens is 2. The SMILES string of the molecule is N#Cc1c(Nc2ncn[nH]2)nc(SCC(=O)Nc2ccc(F)c(Cl)c2)nc1-c1ccccc1. The molecule has 0 saturated carbocycles. The molecule has 0 aliphatic heterocycles. The van der Waals surface area contributed by atoms with E-state index in [0.29, 0.717) is 22.9 Å². The lowest BCUT2D eigenvalue weighted by molar-refractivity contribution is -0.113. The fourth-order valence-corrected chi connectivity index (χ4v) is 3.61. The monoisotopic (exact) mass is 480 g/mol. The first-order chi connectivity index (χ1) is 16.0. The summed E-state index contributed by atoms with van der Waals surface area (Å²) in [5.74, 6) is -0.448. The molecule has 2 aromatic carbocycles. The predicted molar refractivity (Wildman–Crippen MR) is 123 cm³/mol. The number of hydrogen-bond donors (Lipinski definition) is 3. The number of nitrogens with zero attached hydrogens (tertiary/aromatic N) is 5. The van der Waals surface area contributed by atoms with Crippen LogP contribution in [0.5, 0.6) is 0 Å². The van der Waals surface area contributed by atoms with Gasteiger partial charge in [-0.15, -0.1) is 0 Å². The molecule has 4 rings (SSSR count). The molecule has 3 N–H and O–H groups in total. The van der Waals surface area contributed by atoms with Gasteiger partial charge in [-0.25, -0.2) is 19.5 Å². The number of rotatable bonds is 7. The van der Waals surface area contributed by atoms with E-state index >= 15 is 0 Å². The number of benzene rings is 2. The third-order valence-corrected chi connectivity index (χ3v) is 5.37. The van der Waals surface area contributed by atoms with Crippen LogP contribution in [0.15, 0.2) is 60.0 Å². The molecule has 0 saturated heterocycles. The van der Waals surface area contributed by atoms with Gasteiger partial charge in [-0.1, -0.05) is 53.7 Å². The Bertz CT molecular complexity index is 1330. The van der Waals surface area contributed by atoms with Gasteiger partial charge in [0.25, 0.3) is 0 Å². The standard InChI is InChI=1S/C21H14ClFN8OS/c22-15-8-13(6-7-16(15)23)27-17(32)10-33-21-28-18(12-4-2-1-3-5-12)14(9-24)19(30-21)29-20-25-11-26-31-20/h1-8,11H,10H2,(H,27,32)(H2,25,26,28,29,30,31). The lowest BCUT2D eigenvalue weighted by Crippen LogP contribution is -2.14. The Morgan fingerprint density at radius 3 is 2.73 bits per heavy atom. The zero-order valence-corrected chi connectivity index (χ0v) is 18.3. The highest BCUT2D eigenvalue weighted by atomic mass is 35.5. The Hall–Kier alpha value is -4.01. The highest BCUT2D eigenvalue weighted by Crippen LogP contribution is 2.30. The molecule has 33 heavy (non-hydrogen) atoms. The zero-order valence-electron chi connectivity index (χ0n) is 16.7. The van der Waals surface area contributed by atoms with Gasteiger partial charge in [0.05, 0.1) is 16.5 Å². The summed E-state index contributed by atoms with van der Waals surface area (Å²) in [6.45, 7) is 0. The van der Waals surface area contributed by atoms with Crippen molar-refractivity contribution in [3.05, 3.63) is 71.3 Å². The van der Waals surface area contributed by atoms with E-state index in [1.54, 1.807) is 0 Å². The maximum Gasteiger partial charge on any atom is 0.234 e. The Labute approximate surface area is 196 Å². The minimum atomic E-state index is -0.574. The number of aromatic amines is 1. The molecule has 9 nitrogen and oxygen atoms in total. The summed E-state index contributed by atoms with van der Waals surface area (Å²) in [7, 11) is 0. The van der Waals surface area contributed by atoms with Crippen LogP contribution in [0, 0.1) is 17.1 Å². The summed E-state index contributed by atoms with van der Waals surface area (Å²) >= 11 is 6.83. The molecule has 1 amide bonds. The first kappa shape index (κ1) is 22.2. The summed E-state index contributed by atoms with van der Waals surface area (Å²) in [4.78, 5) is 25.3. The van der Waals surface area contributed by atoms with Crippen LogP contribution in [0.25, 0.3) is 11.3 Å². The predicted octanol–water partition coefficient (Wildman–Crippen LogP) is 4.40. The van der Waals surface area contributed by atoms with Gasteiger partial charge in [-0.05, 0) is 18.2 Å². The second kappa shape index (κ2) is 10.1. The van der Waals surface area contributed by atoms with Crippen LogP contribution >= 0.6 is 23.4 Å². The van der Waals surface area contributed by atoms with Gasteiger partial charge < -0.3 is 10.6 Å². The molecule has 0 spiro atoms. The van der Waals surface area contributed by atoms with Crippen molar-refractivity contribution in [1.82, 2.24) is 25.1 Å². The molecule has 0 atom stereocenters. The van der Waals surface area contributed by atoms with Gasteiger partial charge in [0.1, 0.15) is 23.8 Å².